The molecule has 0 radical (unpaired) electrons. The summed E-state index contributed by atoms with van der Waals surface area (Å²) >= 11 is 0. The first-order valence-corrected chi connectivity index (χ1v) is 43.5. The third-order valence-corrected chi connectivity index (χ3v) is 21.8. The number of Topliss-reactive ketones (excluding diaryl/α,β-unsaturated/α-hetero) is 1. The van der Waals surface area contributed by atoms with Gasteiger partial charge < -0.3 is 48.1 Å². The summed E-state index contributed by atoms with van der Waals surface area (Å²) in [6.07, 6.45) is 4.45. The van der Waals surface area contributed by atoms with Gasteiger partial charge in [-0.15, -0.1) is 0 Å². The highest BCUT2D eigenvalue weighted by Crippen LogP contribution is 2.56. The molecule has 14 aromatic carbocycles. The third kappa shape index (κ3) is 20.8. The lowest BCUT2D eigenvalue weighted by atomic mass is 9.68. The largest absolute Gasteiger partial charge is 0.491 e. The second kappa shape index (κ2) is 42.3. The first kappa shape index (κ1) is 88.8. The average Bonchev–Trinajstić information content (AvgIpc) is 1.54. The van der Waals surface area contributed by atoms with Gasteiger partial charge in [0.25, 0.3) is 0 Å². The summed E-state index contributed by atoms with van der Waals surface area (Å²) in [7, 11) is 1.67. The predicted octanol–water partition coefficient (Wildman–Crippen LogP) is 24.5. The normalized spacial score (nSPS) is 11.3. The number of carbonyl (C=O) groups excluding carboxylic acids is 4. The Morgan fingerprint density at radius 2 is 0.629 bits per heavy atom. The first-order chi connectivity index (χ1) is 64.6. The number of hydrogen-bond donors (Lipinski definition) is 2. The van der Waals surface area contributed by atoms with Crippen LogP contribution in [0.2, 0.25) is 0 Å². The minimum atomic E-state index is -0.512. The van der Waals surface area contributed by atoms with Crippen LogP contribution >= 0.6 is 0 Å². The molecule has 20 rings (SSSR count). The zero-order valence-corrected chi connectivity index (χ0v) is 73.8. The number of benzene rings is 14. The number of carbonyl (C=O) groups is 4. The van der Waals surface area contributed by atoms with Gasteiger partial charge in [-0.05, 0) is 162 Å². The van der Waals surface area contributed by atoms with Crippen LogP contribution in [0.5, 0.6) is 11.5 Å². The van der Waals surface area contributed by atoms with Crippen molar-refractivity contribution in [2.75, 3.05) is 51.7 Å². The highest BCUT2D eigenvalue weighted by atomic mass is 16.6. The summed E-state index contributed by atoms with van der Waals surface area (Å²) in [4.78, 5) is 82.4. The van der Waals surface area contributed by atoms with Crippen LogP contribution in [0.25, 0.3) is 112 Å². The summed E-state index contributed by atoms with van der Waals surface area (Å²) in [6.45, 7) is 10.2. The maximum atomic E-state index is 12.2. The Hall–Kier alpha value is -16.6. The van der Waals surface area contributed by atoms with Crippen LogP contribution in [0.15, 0.2) is 382 Å². The quantitative estimate of drug-likeness (QED) is 0.0294. The number of ether oxygens (including phenoxy) is 6. The molecule has 2 N–H and O–H groups in total. The zero-order valence-electron chi connectivity index (χ0n) is 73.8. The number of nitrogens with one attached hydrogen (secondary N) is 2. The van der Waals surface area contributed by atoms with Crippen molar-refractivity contribution in [3.05, 3.63) is 432 Å². The maximum Gasteiger partial charge on any atom is 0.338 e. The molecule has 1 aliphatic carbocycles. The van der Waals surface area contributed by atoms with Crippen molar-refractivity contribution in [1.29, 1.82) is 0 Å². The van der Waals surface area contributed by atoms with Crippen LogP contribution in [-0.2, 0) is 34.0 Å². The molecule has 8 bridgehead atoms. The number of aromatic nitrogens is 8. The number of anilines is 2. The molecule has 132 heavy (non-hydrogen) atoms. The highest BCUT2D eigenvalue weighted by Gasteiger charge is 2.46. The monoisotopic (exact) mass is 1740 g/mol. The molecule has 3 aliphatic rings. The minimum absolute atomic E-state index is 0.0767. The topological polar surface area (TPSA) is 236 Å². The number of H-pyrrole nitrogens is 2. The number of ketones is 1. The van der Waals surface area contributed by atoms with Crippen LogP contribution in [0, 0.1) is 0 Å². The number of allylic oxidation sites excluding steroid dienone is 1. The van der Waals surface area contributed by atoms with E-state index in [-0.39, 0.29) is 44.1 Å². The maximum absolute atomic E-state index is 12.2. The van der Waals surface area contributed by atoms with Crippen molar-refractivity contribution in [2.24, 2.45) is 0 Å². The second-order valence-corrected chi connectivity index (χ2v) is 31.4. The Kier molecular flexibility index (Phi) is 28.5. The fourth-order valence-corrected chi connectivity index (χ4v) is 16.0. The van der Waals surface area contributed by atoms with Gasteiger partial charge in [0.15, 0.2) is 23.3 Å². The molecule has 19 nitrogen and oxygen atoms in total. The van der Waals surface area contributed by atoms with Crippen molar-refractivity contribution in [2.45, 2.75) is 40.0 Å². The molecular weight excluding hydrogens is 1640 g/mol. The Balaban J connectivity index is 0.000000132. The van der Waals surface area contributed by atoms with Gasteiger partial charge in [-0.1, -0.05) is 303 Å². The van der Waals surface area contributed by atoms with Gasteiger partial charge in [0.05, 0.1) is 23.1 Å². The molecule has 2 aliphatic heterocycles. The second-order valence-electron chi connectivity index (χ2n) is 31.4. The van der Waals surface area contributed by atoms with Crippen molar-refractivity contribution >= 4 is 90.8 Å². The van der Waals surface area contributed by atoms with Crippen LogP contribution in [0.4, 0.5) is 11.4 Å². The van der Waals surface area contributed by atoms with E-state index in [1.54, 1.807) is 43.5 Å². The van der Waals surface area contributed by atoms with Crippen molar-refractivity contribution in [3.8, 4) is 68.2 Å². The van der Waals surface area contributed by atoms with Gasteiger partial charge in [-0.25, -0.2) is 39.5 Å². The zero-order chi connectivity index (χ0) is 91.1. The smallest absolute Gasteiger partial charge is 0.338 e. The van der Waals surface area contributed by atoms with Crippen molar-refractivity contribution in [1.82, 2.24) is 39.9 Å². The Bertz CT molecular complexity index is 6760. The molecule has 0 unspecified atom stereocenters. The predicted molar refractivity (Wildman–Crippen MR) is 523 cm³/mol. The Morgan fingerprint density at radius 1 is 0.318 bits per heavy atom. The SMILES string of the molecule is CC(=O)OCCOC(=O)c1ccccc1.CC(C)=CN(c1ccccc1)c1ccc(C=C(c2ccccc2)c2ccccc2)cc1.CC(C)=O.COCCOc1ccc(C2(c3ccc(OCCOC(=O)c4ccccc4)cc3)c3ccccc3-c3ccccc32)cc1.c1ccc2c(c1)-c1nc-2nc2[nH]c(nc3nc(nc4[nH]c(n1)c1ccccc41)-c1ccccc1-3)c1ccccc21. The van der Waals surface area contributed by atoms with E-state index in [9.17, 15) is 19.2 Å². The highest BCUT2D eigenvalue weighted by molar-refractivity contribution is 6.07. The number of para-hydroxylation sites is 1. The van der Waals surface area contributed by atoms with Gasteiger partial charge in [0.2, 0.25) is 0 Å². The van der Waals surface area contributed by atoms with Gasteiger partial charge in [-0.3, -0.25) is 4.79 Å². The number of esters is 3. The Labute approximate surface area is 765 Å². The van der Waals surface area contributed by atoms with Gasteiger partial charge in [0, 0.05) is 75.4 Å². The molecule has 0 fully saturated rings. The van der Waals surface area contributed by atoms with E-state index in [0.717, 1.165) is 72.0 Å². The lowest BCUT2D eigenvalue weighted by Gasteiger charge is -2.34. The summed E-state index contributed by atoms with van der Waals surface area (Å²) in [6, 6.07) is 124. The molecule has 652 valence electrons. The van der Waals surface area contributed by atoms with E-state index in [0.29, 0.717) is 76.0 Å². The van der Waals surface area contributed by atoms with E-state index in [4.69, 9.17) is 53.6 Å². The summed E-state index contributed by atoms with van der Waals surface area (Å²) < 4.78 is 31.8. The summed E-state index contributed by atoms with van der Waals surface area (Å²) in [5, 5.41) is 3.82. The molecule has 0 amide bonds. The molecule has 0 saturated carbocycles. The molecule has 0 atom stereocenters. The number of rotatable bonds is 21. The number of nitrogens with zero attached hydrogens (tertiary/aromatic N) is 7. The van der Waals surface area contributed by atoms with E-state index in [2.05, 4.69) is 228 Å². The van der Waals surface area contributed by atoms with E-state index >= 15 is 0 Å². The van der Waals surface area contributed by atoms with E-state index in [1.165, 1.54) is 70.9 Å². The third-order valence-electron chi connectivity index (χ3n) is 21.8. The molecule has 0 spiro atoms. The van der Waals surface area contributed by atoms with E-state index in [1.807, 2.05) is 152 Å². The number of methoxy groups -OCH3 is 1. The van der Waals surface area contributed by atoms with E-state index < -0.39 is 11.4 Å². The number of fused-ring (bicyclic) bond motifs is 23. The first-order valence-electron chi connectivity index (χ1n) is 43.5. The molecule has 19 heteroatoms. The standard InChI is InChI=1S/C37H32O5.C32H18N8.C30H27N.C11H12O4.C3H6O/c1-39-23-24-40-30-19-15-28(16-20-30)37(34-13-7-5-11-32(34)33-12-6-8-14-35(33)37)29-17-21-31(22-18-29)41-25-26-42-36(38)27-9-3-2-4-10-27;1-2-10-18-17(9-1)25-33-26(18)38-28-21-13-5-6-14-22(21)30(35-28)40-32-24-16-8-7-15-23(24)31(36-32)39-29-20-12-4-3-11-19(20)27(34-29)37-25;1-24(2)23-31(28-16-10-5-11-17-28)29-20-18-25(19-21-29)22-30(26-12-6-3-7-13-26)27-14-8-4-9-15-27;1-9(12)14-7-8-15-11(13)10-5-3-2-4-6-10;1-3(2)4/h2-22H,23-26H2,1H3;1-16H,(H2,33,34,35,36,37,38,39,40);3-23H,1-2H3;2-6H,7-8H2,1H3;1-2H3. The fraction of sp³-hybridized carbons (Fsp3) is 0.115. The molecule has 3 aromatic heterocycles. The summed E-state index contributed by atoms with van der Waals surface area (Å²) in [5.41, 5.74) is 22.6. The van der Waals surface area contributed by atoms with Crippen LogP contribution in [0.1, 0.15) is 94.3 Å². The van der Waals surface area contributed by atoms with Crippen molar-refractivity contribution in [3.63, 3.8) is 0 Å². The lowest BCUT2D eigenvalue weighted by Crippen LogP contribution is -2.28. The number of aromatic amines is 2. The van der Waals surface area contributed by atoms with Crippen LogP contribution < -0.4 is 14.4 Å². The molecule has 0 saturated heterocycles. The van der Waals surface area contributed by atoms with Crippen LogP contribution in [0.3, 0.4) is 0 Å². The molecular formula is C113H95N9O10. The van der Waals surface area contributed by atoms with Gasteiger partial charge in [-0.2, -0.15) is 0 Å². The van der Waals surface area contributed by atoms with Gasteiger partial charge >= 0.3 is 17.9 Å². The molecule has 5 heterocycles. The van der Waals surface area contributed by atoms with Gasteiger partial charge in [0.1, 0.15) is 72.9 Å². The lowest BCUT2D eigenvalue weighted by molar-refractivity contribution is -0.142. The fourth-order valence-electron chi connectivity index (χ4n) is 16.0. The molecule has 17 aromatic rings. The number of hydrogen-bond acceptors (Lipinski definition) is 17. The summed E-state index contributed by atoms with van der Waals surface area (Å²) in [5.74, 6) is 2.92. The van der Waals surface area contributed by atoms with Crippen LogP contribution in [-0.4, -0.2) is 110 Å². The van der Waals surface area contributed by atoms with Crippen molar-refractivity contribution < 1.29 is 47.6 Å². The Morgan fingerprint density at radius 3 is 0.992 bits per heavy atom. The minimum Gasteiger partial charge on any atom is -0.491 e. The average molecular weight is 1740 g/mol.